The van der Waals surface area contributed by atoms with E-state index in [0.29, 0.717) is 11.3 Å². The van der Waals surface area contributed by atoms with Gasteiger partial charge >= 0.3 is 115 Å². The average molecular weight is 336 g/mol. The maximum atomic E-state index is 11.4. The maximum Gasteiger partial charge on any atom is 1.00 e. The Labute approximate surface area is 199 Å². The predicted molar refractivity (Wildman–Crippen MR) is 55.1 cm³/mol. The van der Waals surface area contributed by atoms with Gasteiger partial charge in [-0.05, 0) is 13.8 Å². The van der Waals surface area contributed by atoms with E-state index < -0.39 is 23.4 Å². The molecule has 1 aromatic rings. The molecule has 0 aliphatic rings. The Morgan fingerprint density at radius 3 is 1.53 bits per heavy atom. The standard InChI is InChI=1S/C10H12O6S.2K/c1-3-15-9(13)7-5(11)6(12)8(17-7)10(14)16-4-2;;/h11-12H,3-4H2,1-2H3;;/q;2*+1/p-2. The zero-order valence-electron chi connectivity index (χ0n) is 11.3. The minimum atomic E-state index is -1.02. The van der Waals surface area contributed by atoms with Crippen LogP contribution in [0.25, 0.3) is 0 Å². The van der Waals surface area contributed by atoms with Crippen molar-refractivity contribution in [1.82, 2.24) is 0 Å². The summed E-state index contributed by atoms with van der Waals surface area (Å²) >= 11 is 0.508. The molecular weight excluding hydrogens is 326 g/mol. The number of hydrogen-bond donors (Lipinski definition) is 0. The van der Waals surface area contributed by atoms with E-state index in [1.165, 1.54) is 0 Å². The van der Waals surface area contributed by atoms with Gasteiger partial charge in [0.15, 0.2) is 0 Å². The number of thiophene rings is 1. The first-order valence-electron chi connectivity index (χ1n) is 4.87. The molecule has 94 valence electrons. The normalized spacial score (nSPS) is 8.95. The Kier molecular flexibility index (Phi) is 13.3. The molecule has 0 N–H and O–H groups in total. The van der Waals surface area contributed by atoms with E-state index in [1.54, 1.807) is 13.8 Å². The number of hydrogen-bond acceptors (Lipinski definition) is 7. The minimum Gasteiger partial charge on any atom is -0.872 e. The first-order valence-corrected chi connectivity index (χ1v) is 5.69. The summed E-state index contributed by atoms with van der Waals surface area (Å²) in [6.45, 7) is 3.30. The molecule has 0 saturated heterocycles. The molecule has 19 heavy (non-hydrogen) atoms. The zero-order chi connectivity index (χ0) is 13.0. The summed E-state index contributed by atoms with van der Waals surface area (Å²) in [5.41, 5.74) is 0. The van der Waals surface area contributed by atoms with Gasteiger partial charge in [0.1, 0.15) is 9.75 Å². The Bertz CT molecular complexity index is 407. The van der Waals surface area contributed by atoms with Crippen molar-refractivity contribution in [3.05, 3.63) is 9.75 Å². The van der Waals surface area contributed by atoms with Crippen LogP contribution >= 0.6 is 11.3 Å². The fraction of sp³-hybridized carbons (Fsp3) is 0.400. The van der Waals surface area contributed by atoms with Gasteiger partial charge in [-0.2, -0.15) is 0 Å². The van der Waals surface area contributed by atoms with E-state index in [1.807, 2.05) is 0 Å². The van der Waals surface area contributed by atoms with Crippen LogP contribution in [0.4, 0.5) is 0 Å². The van der Waals surface area contributed by atoms with Gasteiger partial charge in [0, 0.05) is 0 Å². The zero-order valence-corrected chi connectivity index (χ0v) is 18.3. The molecule has 0 atom stereocenters. The Morgan fingerprint density at radius 1 is 0.947 bits per heavy atom. The van der Waals surface area contributed by atoms with Crippen molar-refractivity contribution in [2.24, 2.45) is 0 Å². The average Bonchev–Trinajstić information content (AvgIpc) is 2.57. The second kappa shape index (κ2) is 11.1. The van der Waals surface area contributed by atoms with Crippen LogP contribution in [0.5, 0.6) is 11.5 Å². The molecule has 0 saturated carbocycles. The molecule has 0 bridgehead atoms. The number of ether oxygens (including phenoxy) is 2. The molecule has 6 nitrogen and oxygen atoms in total. The Balaban J connectivity index is 0. The van der Waals surface area contributed by atoms with Crippen LogP contribution in [-0.4, -0.2) is 25.2 Å². The van der Waals surface area contributed by atoms with Crippen LogP contribution < -0.4 is 113 Å². The van der Waals surface area contributed by atoms with Crippen molar-refractivity contribution in [2.75, 3.05) is 13.2 Å². The summed E-state index contributed by atoms with van der Waals surface area (Å²) in [7, 11) is 0. The summed E-state index contributed by atoms with van der Waals surface area (Å²) in [6, 6.07) is 0. The second-order valence-electron chi connectivity index (χ2n) is 2.86. The van der Waals surface area contributed by atoms with Crippen LogP contribution in [0.3, 0.4) is 0 Å². The van der Waals surface area contributed by atoms with Crippen molar-refractivity contribution < 1.29 is 132 Å². The molecule has 1 heterocycles. The maximum absolute atomic E-state index is 11.4. The van der Waals surface area contributed by atoms with Crippen molar-refractivity contribution in [3.8, 4) is 11.5 Å². The number of esters is 2. The van der Waals surface area contributed by atoms with Crippen LogP contribution in [0.15, 0.2) is 0 Å². The van der Waals surface area contributed by atoms with Gasteiger partial charge in [0.2, 0.25) is 0 Å². The van der Waals surface area contributed by atoms with Crippen molar-refractivity contribution >= 4 is 23.3 Å². The van der Waals surface area contributed by atoms with Crippen LogP contribution in [0.1, 0.15) is 33.2 Å². The molecule has 0 radical (unpaired) electrons. The molecule has 0 aliphatic carbocycles. The summed E-state index contributed by atoms with van der Waals surface area (Å²) in [4.78, 5) is 21.8. The summed E-state index contributed by atoms with van der Waals surface area (Å²) in [6.07, 6.45) is 0. The molecule has 0 spiro atoms. The number of carbonyl (C=O) groups excluding carboxylic acids is 2. The van der Waals surface area contributed by atoms with Crippen molar-refractivity contribution in [3.63, 3.8) is 0 Å². The van der Waals surface area contributed by atoms with Gasteiger partial charge in [0.05, 0.1) is 13.2 Å². The third-order valence-electron chi connectivity index (χ3n) is 1.74. The van der Waals surface area contributed by atoms with Gasteiger partial charge in [-0.1, -0.05) is 11.5 Å². The predicted octanol–water partition coefficient (Wildman–Crippen LogP) is -5.74. The largest absolute Gasteiger partial charge is 1.00 e. The monoisotopic (exact) mass is 336 g/mol. The first kappa shape index (κ1) is 22.8. The molecule has 0 aliphatic heterocycles. The van der Waals surface area contributed by atoms with Crippen molar-refractivity contribution in [1.29, 1.82) is 0 Å². The first-order chi connectivity index (χ1) is 8.02. The van der Waals surface area contributed by atoms with E-state index >= 15 is 0 Å². The molecule has 1 aromatic heterocycles. The van der Waals surface area contributed by atoms with Crippen LogP contribution in [-0.2, 0) is 9.47 Å². The van der Waals surface area contributed by atoms with Gasteiger partial charge in [-0.25, -0.2) is 9.59 Å². The second-order valence-corrected chi connectivity index (χ2v) is 3.88. The van der Waals surface area contributed by atoms with E-state index in [2.05, 4.69) is 9.47 Å². The Hall–Kier alpha value is 1.51. The van der Waals surface area contributed by atoms with Gasteiger partial charge in [0.25, 0.3) is 0 Å². The van der Waals surface area contributed by atoms with E-state index in [-0.39, 0.29) is 126 Å². The van der Waals surface area contributed by atoms with Crippen LogP contribution in [0.2, 0.25) is 0 Å². The van der Waals surface area contributed by atoms with Crippen molar-refractivity contribution in [2.45, 2.75) is 13.8 Å². The van der Waals surface area contributed by atoms with Gasteiger partial charge in [-0.15, -0.1) is 11.3 Å². The van der Waals surface area contributed by atoms with Gasteiger partial charge in [-0.3, -0.25) is 0 Å². The van der Waals surface area contributed by atoms with E-state index in [9.17, 15) is 19.8 Å². The quantitative estimate of drug-likeness (QED) is 0.401. The summed E-state index contributed by atoms with van der Waals surface area (Å²) < 4.78 is 9.19. The number of rotatable bonds is 4. The van der Waals surface area contributed by atoms with Crippen LogP contribution in [0, 0.1) is 0 Å². The number of carbonyl (C=O) groups is 2. The topological polar surface area (TPSA) is 98.7 Å². The molecule has 0 aromatic carbocycles. The molecule has 0 fully saturated rings. The summed E-state index contributed by atoms with van der Waals surface area (Å²) in [5, 5.41) is 22.8. The smallest absolute Gasteiger partial charge is 0.872 e. The van der Waals surface area contributed by atoms with E-state index in [4.69, 9.17) is 0 Å². The Morgan fingerprint density at radius 2 is 1.26 bits per heavy atom. The molecule has 0 unspecified atom stereocenters. The third kappa shape index (κ3) is 6.03. The fourth-order valence-electron chi connectivity index (χ4n) is 1.06. The molecular formula is C10H10K2O6S. The van der Waals surface area contributed by atoms with Gasteiger partial charge < -0.3 is 19.7 Å². The molecule has 0 amide bonds. The fourth-order valence-corrected chi connectivity index (χ4v) is 1.92. The SMILES string of the molecule is CCOC(=O)c1sc(C(=O)OCC)c([O-])c1[O-].[K+].[K+]. The van der Waals surface area contributed by atoms with E-state index in [0.717, 1.165) is 0 Å². The molecule has 9 heteroatoms. The third-order valence-corrected chi connectivity index (χ3v) is 2.86. The minimum absolute atomic E-state index is 0. The molecule has 1 rings (SSSR count). The summed E-state index contributed by atoms with van der Waals surface area (Å²) in [5.74, 6) is -3.82.